The van der Waals surface area contributed by atoms with Gasteiger partial charge in [-0.1, -0.05) is 79.0 Å². The SMILES string of the molecule is CC(C)CNC(=O)[C@H](C)N(Cc1cccc(Cl)c1)C(=O)CN(c1cc(Cl)ccc1Cl)S(=O)(=O)c1ccccc1. The Labute approximate surface area is 244 Å². The number of hydrogen-bond acceptors (Lipinski definition) is 4. The maximum Gasteiger partial charge on any atom is 0.264 e. The Morgan fingerprint density at radius 1 is 0.872 bits per heavy atom. The molecule has 7 nitrogen and oxygen atoms in total. The van der Waals surface area contributed by atoms with Gasteiger partial charge in [-0.05, 0) is 60.9 Å². The number of hydrogen-bond donors (Lipinski definition) is 1. The molecule has 11 heteroatoms. The van der Waals surface area contributed by atoms with Crippen molar-refractivity contribution in [2.75, 3.05) is 17.4 Å². The molecule has 0 heterocycles. The summed E-state index contributed by atoms with van der Waals surface area (Å²) in [6, 6.07) is 18.1. The second-order valence-electron chi connectivity index (χ2n) is 9.39. The van der Waals surface area contributed by atoms with Crippen molar-refractivity contribution in [2.24, 2.45) is 5.92 Å². The zero-order valence-electron chi connectivity index (χ0n) is 21.8. The van der Waals surface area contributed by atoms with Crippen LogP contribution in [0.3, 0.4) is 0 Å². The lowest BCUT2D eigenvalue weighted by Crippen LogP contribution is -2.51. The first-order chi connectivity index (χ1) is 18.4. The monoisotopic (exact) mass is 609 g/mol. The van der Waals surface area contributed by atoms with Gasteiger partial charge in [-0.2, -0.15) is 0 Å². The van der Waals surface area contributed by atoms with E-state index in [1.165, 1.54) is 35.2 Å². The highest BCUT2D eigenvalue weighted by Gasteiger charge is 2.33. The molecule has 3 rings (SSSR count). The van der Waals surface area contributed by atoms with Crippen LogP contribution in [0.25, 0.3) is 0 Å². The average Bonchev–Trinajstić information content (AvgIpc) is 2.90. The van der Waals surface area contributed by atoms with E-state index in [2.05, 4.69) is 5.32 Å². The van der Waals surface area contributed by atoms with Crippen molar-refractivity contribution >= 4 is 62.3 Å². The lowest BCUT2D eigenvalue weighted by molar-refractivity contribution is -0.139. The van der Waals surface area contributed by atoms with Crippen molar-refractivity contribution in [3.63, 3.8) is 0 Å². The van der Waals surface area contributed by atoms with E-state index < -0.39 is 28.5 Å². The van der Waals surface area contributed by atoms with Gasteiger partial charge in [0.2, 0.25) is 11.8 Å². The van der Waals surface area contributed by atoms with Crippen LogP contribution in [0.4, 0.5) is 5.69 Å². The molecule has 39 heavy (non-hydrogen) atoms. The van der Waals surface area contributed by atoms with Crippen LogP contribution in [-0.2, 0) is 26.2 Å². The minimum absolute atomic E-state index is 0.0260. The molecule has 1 N–H and O–H groups in total. The fourth-order valence-electron chi connectivity index (χ4n) is 3.78. The Hall–Kier alpha value is -2.78. The largest absolute Gasteiger partial charge is 0.354 e. The molecule has 0 bridgehead atoms. The van der Waals surface area contributed by atoms with Crippen LogP contribution in [0, 0.1) is 5.92 Å². The number of nitrogens with zero attached hydrogens (tertiary/aromatic N) is 2. The van der Waals surface area contributed by atoms with Gasteiger partial charge in [0.15, 0.2) is 0 Å². The number of benzene rings is 3. The molecule has 208 valence electrons. The molecule has 0 radical (unpaired) electrons. The van der Waals surface area contributed by atoms with Crippen LogP contribution in [0.2, 0.25) is 15.1 Å². The van der Waals surface area contributed by atoms with Crippen LogP contribution < -0.4 is 9.62 Å². The average molecular weight is 611 g/mol. The molecule has 0 unspecified atom stereocenters. The Balaban J connectivity index is 2.04. The van der Waals surface area contributed by atoms with Crippen LogP contribution in [-0.4, -0.2) is 44.3 Å². The van der Waals surface area contributed by atoms with Crippen LogP contribution in [0.1, 0.15) is 26.3 Å². The van der Waals surface area contributed by atoms with Gasteiger partial charge in [0.25, 0.3) is 10.0 Å². The third-order valence-electron chi connectivity index (χ3n) is 5.88. The van der Waals surface area contributed by atoms with Crippen molar-refractivity contribution in [3.05, 3.63) is 93.4 Å². The molecular formula is C28H30Cl3N3O4S. The summed E-state index contributed by atoms with van der Waals surface area (Å²) in [5, 5.41) is 3.65. The number of nitrogens with one attached hydrogen (secondary N) is 1. The molecule has 3 aromatic carbocycles. The molecule has 3 aromatic rings. The molecule has 0 saturated carbocycles. The van der Waals surface area contributed by atoms with E-state index in [0.29, 0.717) is 17.1 Å². The predicted octanol–water partition coefficient (Wildman–Crippen LogP) is 6.03. The number of halogens is 3. The van der Waals surface area contributed by atoms with Gasteiger partial charge in [-0.25, -0.2) is 8.42 Å². The lowest BCUT2D eigenvalue weighted by atomic mass is 10.1. The van der Waals surface area contributed by atoms with Gasteiger partial charge < -0.3 is 10.2 Å². The third kappa shape index (κ3) is 8.11. The van der Waals surface area contributed by atoms with Gasteiger partial charge in [0.05, 0.1) is 15.6 Å². The first-order valence-electron chi connectivity index (χ1n) is 12.2. The first kappa shape index (κ1) is 30.8. The van der Waals surface area contributed by atoms with Crippen LogP contribution in [0.15, 0.2) is 77.7 Å². The molecule has 0 aromatic heterocycles. The summed E-state index contributed by atoms with van der Waals surface area (Å²) in [5.74, 6) is -0.773. The molecule has 0 aliphatic heterocycles. The predicted molar refractivity (Wildman–Crippen MR) is 157 cm³/mol. The molecule has 2 amide bonds. The summed E-state index contributed by atoms with van der Waals surface area (Å²) < 4.78 is 28.5. The standard InChI is InChI=1S/C28H30Cl3N3O4S/c1-19(2)16-32-28(36)20(3)33(17-21-8-7-9-22(29)14-21)27(35)18-34(26-15-23(30)12-13-25(26)31)39(37,38)24-10-5-4-6-11-24/h4-15,19-20H,16-18H2,1-3H3,(H,32,36)/t20-/m0/s1. The van der Waals surface area contributed by atoms with E-state index in [-0.39, 0.29) is 39.0 Å². The second-order valence-corrected chi connectivity index (χ2v) is 12.5. The fraction of sp³-hybridized carbons (Fsp3) is 0.286. The Morgan fingerprint density at radius 2 is 1.54 bits per heavy atom. The summed E-state index contributed by atoms with van der Waals surface area (Å²) in [5.41, 5.74) is 0.721. The van der Waals surface area contributed by atoms with Gasteiger partial charge in [-0.3, -0.25) is 13.9 Å². The van der Waals surface area contributed by atoms with Gasteiger partial charge >= 0.3 is 0 Å². The van der Waals surface area contributed by atoms with Crippen molar-refractivity contribution in [2.45, 2.75) is 38.3 Å². The van der Waals surface area contributed by atoms with Gasteiger partial charge in [-0.15, -0.1) is 0 Å². The zero-order chi connectivity index (χ0) is 28.7. The summed E-state index contributed by atoms with van der Waals surface area (Å²) >= 11 is 18.8. The maximum atomic E-state index is 13.9. The topological polar surface area (TPSA) is 86.8 Å². The highest BCUT2D eigenvalue weighted by Crippen LogP contribution is 2.33. The molecule has 1 atom stereocenters. The van der Waals surface area contributed by atoms with Gasteiger partial charge in [0.1, 0.15) is 12.6 Å². The lowest BCUT2D eigenvalue weighted by Gasteiger charge is -2.32. The Kier molecular flexibility index (Phi) is 10.7. The minimum atomic E-state index is -4.25. The Bertz CT molecular complexity index is 1420. The summed E-state index contributed by atoms with van der Waals surface area (Å²) in [7, 11) is -4.25. The van der Waals surface area contributed by atoms with E-state index in [9.17, 15) is 18.0 Å². The summed E-state index contributed by atoms with van der Waals surface area (Å²) in [6.45, 7) is 5.34. The van der Waals surface area contributed by atoms with E-state index in [1.54, 1.807) is 49.4 Å². The molecule has 0 fully saturated rings. The highest BCUT2D eigenvalue weighted by molar-refractivity contribution is 7.92. The molecule has 0 spiro atoms. The first-order valence-corrected chi connectivity index (χ1v) is 14.8. The smallest absolute Gasteiger partial charge is 0.264 e. The van der Waals surface area contributed by atoms with Crippen molar-refractivity contribution in [3.8, 4) is 0 Å². The number of carbonyl (C=O) groups excluding carboxylic acids is 2. The minimum Gasteiger partial charge on any atom is -0.354 e. The van der Waals surface area contributed by atoms with Crippen LogP contribution in [0.5, 0.6) is 0 Å². The normalized spacial score (nSPS) is 12.2. The third-order valence-corrected chi connectivity index (χ3v) is 8.44. The van der Waals surface area contributed by atoms with Gasteiger partial charge in [0, 0.05) is 23.1 Å². The number of sulfonamides is 1. The second kappa shape index (κ2) is 13.5. The molecular weight excluding hydrogens is 581 g/mol. The van der Waals surface area contributed by atoms with E-state index in [1.807, 2.05) is 13.8 Å². The van der Waals surface area contributed by atoms with E-state index in [4.69, 9.17) is 34.8 Å². The number of rotatable bonds is 11. The number of amides is 2. The highest BCUT2D eigenvalue weighted by atomic mass is 35.5. The van der Waals surface area contributed by atoms with Crippen LogP contribution >= 0.6 is 34.8 Å². The molecule has 0 aliphatic rings. The van der Waals surface area contributed by atoms with E-state index >= 15 is 0 Å². The summed E-state index contributed by atoms with van der Waals surface area (Å²) in [4.78, 5) is 28.2. The van der Waals surface area contributed by atoms with Crippen molar-refractivity contribution in [1.29, 1.82) is 0 Å². The fourth-order valence-corrected chi connectivity index (χ4v) is 5.87. The van der Waals surface area contributed by atoms with Crippen molar-refractivity contribution in [1.82, 2.24) is 10.2 Å². The summed E-state index contributed by atoms with van der Waals surface area (Å²) in [6.07, 6.45) is 0. The maximum absolute atomic E-state index is 13.9. The molecule has 0 aliphatic carbocycles. The van der Waals surface area contributed by atoms with Crippen molar-refractivity contribution < 1.29 is 18.0 Å². The molecule has 0 saturated heterocycles. The zero-order valence-corrected chi connectivity index (χ0v) is 24.9. The number of anilines is 1. The number of carbonyl (C=O) groups is 2. The quantitative estimate of drug-likeness (QED) is 0.287. The Morgan fingerprint density at radius 3 is 2.18 bits per heavy atom. The van der Waals surface area contributed by atoms with E-state index in [0.717, 1.165) is 4.31 Å².